The molecule has 1 fully saturated rings. The Hall–Kier alpha value is -3.87. The second-order valence-corrected chi connectivity index (χ2v) is 8.65. The van der Waals surface area contributed by atoms with Gasteiger partial charge in [0, 0.05) is 45.2 Å². The molecule has 0 radical (unpaired) electrons. The van der Waals surface area contributed by atoms with Gasteiger partial charge in [-0.3, -0.25) is 9.59 Å². The molecule has 0 aliphatic carbocycles. The molecule has 0 aromatic heterocycles. The predicted octanol–water partition coefficient (Wildman–Crippen LogP) is 3.57. The Bertz CT molecular complexity index is 1200. The number of aryl methyl sites for hydroxylation is 1. The van der Waals surface area contributed by atoms with Gasteiger partial charge in [0.1, 0.15) is 6.04 Å². The molecule has 0 saturated carbocycles. The zero-order valence-electron chi connectivity index (χ0n) is 19.6. The van der Waals surface area contributed by atoms with Crippen LogP contribution in [-0.2, 0) is 16.0 Å². The third-order valence-electron chi connectivity index (χ3n) is 6.24. The minimum atomic E-state index is -0.657. The highest BCUT2D eigenvalue weighted by Crippen LogP contribution is 2.21. The minimum absolute atomic E-state index is 0.123. The van der Waals surface area contributed by atoms with Crippen molar-refractivity contribution in [1.82, 2.24) is 15.1 Å². The second kappa shape index (κ2) is 10.4. The van der Waals surface area contributed by atoms with Crippen LogP contribution in [0.25, 0.3) is 10.8 Å². The third-order valence-corrected chi connectivity index (χ3v) is 6.24. The molecule has 0 spiro atoms. The van der Waals surface area contributed by atoms with Crippen molar-refractivity contribution in [3.05, 3.63) is 77.9 Å². The third kappa shape index (κ3) is 5.36. The maximum Gasteiger partial charge on any atom is 0.321 e. The minimum Gasteiger partial charge on any atom is -0.344 e. The summed E-state index contributed by atoms with van der Waals surface area (Å²) in [5, 5.41) is 7.96. The standard InChI is InChI=1S/C27H30N4O3/c1-19-8-3-6-13-24(19)29-27(34)31-16-14-30(15-17-31)26(33)25(28-20(2)32)18-22-11-7-10-21-9-4-5-12-23(21)22/h3-13,25H,14-18H2,1-2H3,(H,28,32)(H,29,34)/t25-/m0/s1. The predicted molar refractivity (Wildman–Crippen MR) is 134 cm³/mol. The molecule has 4 rings (SSSR count). The summed E-state index contributed by atoms with van der Waals surface area (Å²) >= 11 is 0. The molecule has 4 amide bonds. The quantitative estimate of drug-likeness (QED) is 0.613. The highest BCUT2D eigenvalue weighted by Gasteiger charge is 2.30. The Morgan fingerprint density at radius 1 is 0.853 bits per heavy atom. The lowest BCUT2D eigenvalue weighted by atomic mass is 9.98. The fraction of sp³-hybridized carbons (Fsp3) is 0.296. The maximum absolute atomic E-state index is 13.4. The molecule has 1 aliphatic rings. The number of piperazine rings is 1. The van der Waals surface area contributed by atoms with Crippen molar-refractivity contribution < 1.29 is 14.4 Å². The van der Waals surface area contributed by atoms with Crippen molar-refractivity contribution in [1.29, 1.82) is 0 Å². The molecule has 2 N–H and O–H groups in total. The Labute approximate surface area is 199 Å². The van der Waals surface area contributed by atoms with Gasteiger partial charge in [-0.2, -0.15) is 0 Å². The SMILES string of the molecule is CC(=O)N[C@@H](Cc1cccc2ccccc12)C(=O)N1CCN(C(=O)Nc2ccccc2C)CC1. The Kier molecular flexibility index (Phi) is 7.11. The first-order valence-electron chi connectivity index (χ1n) is 11.6. The highest BCUT2D eigenvalue weighted by atomic mass is 16.2. The fourth-order valence-electron chi connectivity index (χ4n) is 4.39. The molecule has 1 heterocycles. The Morgan fingerprint density at radius 2 is 1.50 bits per heavy atom. The van der Waals surface area contributed by atoms with Gasteiger partial charge in [-0.25, -0.2) is 4.79 Å². The summed E-state index contributed by atoms with van der Waals surface area (Å²) in [6.45, 7) is 5.09. The van der Waals surface area contributed by atoms with Crippen LogP contribution in [0.15, 0.2) is 66.7 Å². The van der Waals surface area contributed by atoms with Crippen molar-refractivity contribution in [2.75, 3.05) is 31.5 Å². The monoisotopic (exact) mass is 458 g/mol. The molecule has 1 saturated heterocycles. The van der Waals surface area contributed by atoms with Crippen LogP contribution in [0.3, 0.4) is 0 Å². The van der Waals surface area contributed by atoms with Crippen LogP contribution in [0.5, 0.6) is 0 Å². The first kappa shape index (κ1) is 23.3. The number of carbonyl (C=O) groups is 3. The lowest BCUT2D eigenvalue weighted by Gasteiger charge is -2.36. The summed E-state index contributed by atoms with van der Waals surface area (Å²) in [5.74, 6) is -0.364. The number of hydrogen-bond donors (Lipinski definition) is 2. The zero-order chi connectivity index (χ0) is 24.1. The number of rotatable bonds is 5. The van der Waals surface area contributed by atoms with E-state index in [-0.39, 0.29) is 17.8 Å². The van der Waals surface area contributed by atoms with E-state index in [0.29, 0.717) is 32.6 Å². The number of urea groups is 1. The number of hydrogen-bond acceptors (Lipinski definition) is 3. The van der Waals surface area contributed by atoms with Crippen molar-refractivity contribution in [3.63, 3.8) is 0 Å². The van der Waals surface area contributed by atoms with Gasteiger partial charge in [0.15, 0.2) is 0 Å². The number of anilines is 1. The van der Waals surface area contributed by atoms with Crippen LogP contribution in [0.2, 0.25) is 0 Å². The highest BCUT2D eigenvalue weighted by molar-refractivity contribution is 5.91. The van der Waals surface area contributed by atoms with Gasteiger partial charge in [0.2, 0.25) is 11.8 Å². The molecule has 1 aliphatic heterocycles. The number of nitrogens with one attached hydrogen (secondary N) is 2. The van der Waals surface area contributed by atoms with E-state index < -0.39 is 6.04 Å². The van der Waals surface area contributed by atoms with Crippen LogP contribution >= 0.6 is 0 Å². The summed E-state index contributed by atoms with van der Waals surface area (Å²) in [5.41, 5.74) is 2.80. The molecule has 0 bridgehead atoms. The van der Waals surface area contributed by atoms with Crippen molar-refractivity contribution in [2.45, 2.75) is 26.3 Å². The van der Waals surface area contributed by atoms with Crippen LogP contribution in [0.1, 0.15) is 18.1 Å². The first-order chi connectivity index (χ1) is 16.4. The number of nitrogens with zero attached hydrogens (tertiary/aromatic N) is 2. The van der Waals surface area contributed by atoms with E-state index in [1.54, 1.807) is 9.80 Å². The molecule has 34 heavy (non-hydrogen) atoms. The first-order valence-corrected chi connectivity index (χ1v) is 11.6. The summed E-state index contributed by atoms with van der Waals surface area (Å²) in [6, 6.07) is 20.8. The van der Waals surface area contributed by atoms with Gasteiger partial charge in [-0.1, -0.05) is 60.7 Å². The van der Waals surface area contributed by atoms with E-state index in [9.17, 15) is 14.4 Å². The summed E-state index contributed by atoms with van der Waals surface area (Å²) in [6.07, 6.45) is 0.410. The van der Waals surface area contributed by atoms with Gasteiger partial charge < -0.3 is 20.4 Å². The van der Waals surface area contributed by atoms with Crippen LogP contribution in [0.4, 0.5) is 10.5 Å². The summed E-state index contributed by atoms with van der Waals surface area (Å²) in [7, 11) is 0. The zero-order valence-corrected chi connectivity index (χ0v) is 19.6. The smallest absolute Gasteiger partial charge is 0.321 e. The number of fused-ring (bicyclic) bond motifs is 1. The summed E-state index contributed by atoms with van der Waals surface area (Å²) < 4.78 is 0. The van der Waals surface area contributed by atoms with Crippen molar-refractivity contribution in [3.8, 4) is 0 Å². The van der Waals surface area contributed by atoms with E-state index in [4.69, 9.17) is 0 Å². The maximum atomic E-state index is 13.4. The number of carbonyl (C=O) groups excluding carboxylic acids is 3. The van der Waals surface area contributed by atoms with E-state index in [0.717, 1.165) is 27.6 Å². The van der Waals surface area contributed by atoms with Gasteiger partial charge in [0.25, 0.3) is 0 Å². The van der Waals surface area contributed by atoms with Crippen LogP contribution < -0.4 is 10.6 Å². The van der Waals surface area contributed by atoms with Crippen molar-refractivity contribution in [2.24, 2.45) is 0 Å². The van der Waals surface area contributed by atoms with E-state index in [2.05, 4.69) is 10.6 Å². The lowest BCUT2D eigenvalue weighted by Crippen LogP contribution is -2.56. The average Bonchev–Trinajstić information content (AvgIpc) is 2.84. The normalized spacial score (nSPS) is 14.5. The number of benzene rings is 3. The molecular formula is C27H30N4O3. The van der Waals surface area contributed by atoms with Crippen LogP contribution in [-0.4, -0.2) is 59.9 Å². The largest absolute Gasteiger partial charge is 0.344 e. The lowest BCUT2D eigenvalue weighted by molar-refractivity contribution is -0.137. The number of amides is 4. The molecule has 3 aromatic rings. The molecule has 1 atom stereocenters. The van der Waals surface area contributed by atoms with Gasteiger partial charge in [0.05, 0.1) is 0 Å². The van der Waals surface area contributed by atoms with E-state index in [1.165, 1.54) is 6.92 Å². The van der Waals surface area contributed by atoms with Gasteiger partial charge in [-0.05, 0) is 34.9 Å². The topological polar surface area (TPSA) is 81.8 Å². The molecule has 176 valence electrons. The number of para-hydroxylation sites is 1. The second-order valence-electron chi connectivity index (χ2n) is 8.65. The Balaban J connectivity index is 1.41. The molecule has 0 unspecified atom stereocenters. The van der Waals surface area contributed by atoms with E-state index in [1.807, 2.05) is 73.7 Å². The fourth-order valence-corrected chi connectivity index (χ4v) is 4.39. The Morgan fingerprint density at radius 3 is 2.24 bits per heavy atom. The molecule has 7 nitrogen and oxygen atoms in total. The molecule has 3 aromatic carbocycles. The average molecular weight is 459 g/mol. The van der Waals surface area contributed by atoms with Crippen LogP contribution in [0, 0.1) is 6.92 Å². The summed E-state index contributed by atoms with van der Waals surface area (Å²) in [4.78, 5) is 41.4. The molecular weight excluding hydrogens is 428 g/mol. The van der Waals surface area contributed by atoms with Crippen molar-refractivity contribution >= 4 is 34.3 Å². The van der Waals surface area contributed by atoms with E-state index >= 15 is 0 Å². The van der Waals surface area contributed by atoms with Gasteiger partial charge in [-0.15, -0.1) is 0 Å². The molecule has 7 heteroatoms. The van der Waals surface area contributed by atoms with Gasteiger partial charge >= 0.3 is 6.03 Å².